The minimum Gasteiger partial charge on any atom is -0.461 e. The van der Waals surface area contributed by atoms with Gasteiger partial charge in [-0.3, -0.25) is 9.79 Å². The third-order valence-corrected chi connectivity index (χ3v) is 8.78. The number of ketones is 1. The first kappa shape index (κ1) is 34.3. The Morgan fingerprint density at radius 2 is 1.78 bits per heavy atom. The Kier molecular flexibility index (Phi) is 12.7. The van der Waals surface area contributed by atoms with Gasteiger partial charge in [-0.2, -0.15) is 0 Å². The number of hydrogen-bond donors (Lipinski definition) is 0. The highest BCUT2D eigenvalue weighted by Crippen LogP contribution is 2.34. The molecule has 1 heterocycles. The summed E-state index contributed by atoms with van der Waals surface area (Å²) in [6.45, 7) is 12.3. The van der Waals surface area contributed by atoms with Crippen molar-refractivity contribution in [3.63, 3.8) is 0 Å². The van der Waals surface area contributed by atoms with Crippen LogP contribution in [0, 0.1) is 23.2 Å². The molecule has 2 bridgehead atoms. The first-order valence-electron chi connectivity index (χ1n) is 16.3. The molecule has 240 valence electrons. The molecule has 0 radical (unpaired) electrons. The molecule has 1 aliphatic carbocycles. The highest BCUT2D eigenvalue weighted by Gasteiger charge is 2.32. The van der Waals surface area contributed by atoms with E-state index in [4.69, 9.17) is 19.2 Å². The van der Waals surface area contributed by atoms with Crippen LogP contribution in [0.15, 0.2) is 95.2 Å². The van der Waals surface area contributed by atoms with Crippen LogP contribution < -0.4 is 0 Å². The van der Waals surface area contributed by atoms with E-state index in [1.165, 1.54) is 18.1 Å². The van der Waals surface area contributed by atoms with Crippen LogP contribution in [0.25, 0.3) is 11.1 Å². The Hall–Kier alpha value is -3.61. The van der Waals surface area contributed by atoms with E-state index in [0.29, 0.717) is 26.4 Å². The normalized spacial score (nSPS) is 17.4. The molecule has 6 nitrogen and oxygen atoms in total. The second-order valence-corrected chi connectivity index (χ2v) is 13.1. The molecule has 45 heavy (non-hydrogen) atoms. The number of benzene rings is 2. The van der Waals surface area contributed by atoms with Gasteiger partial charge in [-0.25, -0.2) is 0 Å². The van der Waals surface area contributed by atoms with Crippen LogP contribution in [0.4, 0.5) is 0 Å². The zero-order valence-corrected chi connectivity index (χ0v) is 27.6. The van der Waals surface area contributed by atoms with Gasteiger partial charge in [-0.1, -0.05) is 101 Å². The summed E-state index contributed by atoms with van der Waals surface area (Å²) in [7, 11) is 0. The summed E-state index contributed by atoms with van der Waals surface area (Å²) < 4.78 is 18.4. The van der Waals surface area contributed by atoms with Gasteiger partial charge in [-0.05, 0) is 59.4 Å². The molecule has 6 heteroatoms. The molecule has 0 fully saturated rings. The molecule has 0 spiro atoms. The van der Waals surface area contributed by atoms with Crippen molar-refractivity contribution in [3.05, 3.63) is 95.7 Å². The fourth-order valence-electron chi connectivity index (χ4n) is 5.68. The number of rotatable bonds is 17. The number of nitrogens with zero attached hydrogens (tertiary/aromatic N) is 1. The van der Waals surface area contributed by atoms with Crippen molar-refractivity contribution in [2.24, 2.45) is 28.2 Å². The minimum absolute atomic E-state index is 0.00630. The fraction of sp³-hybridized carbons (Fsp3) is 0.462. The Morgan fingerprint density at radius 1 is 1.02 bits per heavy atom. The number of carbonyl (C=O) groups is 2. The molecule has 4 rings (SSSR count). The number of hydrogen-bond acceptors (Lipinski definition) is 6. The average Bonchev–Trinajstić information content (AvgIpc) is 3.19. The number of ether oxygens (including phenoxy) is 3. The zero-order chi connectivity index (χ0) is 32.2. The second kappa shape index (κ2) is 16.6. The molecule has 0 amide bonds. The number of aliphatic imine (C=N–C) groups is 1. The van der Waals surface area contributed by atoms with Gasteiger partial charge in [0.1, 0.15) is 12.4 Å². The molecule has 2 aromatic carbocycles. The number of carbonyl (C=O) groups excluding carboxylic acids is 2. The Labute approximate surface area is 269 Å². The summed E-state index contributed by atoms with van der Waals surface area (Å²) in [6.07, 6.45) is 10.9. The molecule has 0 saturated heterocycles. The van der Waals surface area contributed by atoms with Gasteiger partial charge >= 0.3 is 5.97 Å². The lowest BCUT2D eigenvalue weighted by atomic mass is 9.80. The topological polar surface area (TPSA) is 74.2 Å². The molecule has 1 aliphatic heterocycles. The van der Waals surface area contributed by atoms with Crippen molar-refractivity contribution in [3.8, 4) is 11.1 Å². The SMILES string of the molecule is CCC(C)(C)COCC[C@H](COCc1ccccc1-c1ccccc1)C1=NC=C2C=CC=C(COC(=O)C(C)CC(C)=O)C1C2. The fourth-order valence-corrected chi connectivity index (χ4v) is 5.68. The van der Waals surface area contributed by atoms with Gasteiger partial charge < -0.3 is 19.0 Å². The second-order valence-electron chi connectivity index (χ2n) is 13.1. The summed E-state index contributed by atoms with van der Waals surface area (Å²) >= 11 is 0. The van der Waals surface area contributed by atoms with Crippen molar-refractivity contribution in [2.45, 2.75) is 66.9 Å². The minimum atomic E-state index is -0.469. The van der Waals surface area contributed by atoms with E-state index in [9.17, 15) is 9.59 Å². The van der Waals surface area contributed by atoms with Gasteiger partial charge in [0.05, 0.1) is 25.7 Å². The quantitative estimate of drug-likeness (QED) is 0.133. The Morgan fingerprint density at radius 3 is 2.53 bits per heavy atom. The van der Waals surface area contributed by atoms with Crippen molar-refractivity contribution < 1.29 is 23.8 Å². The van der Waals surface area contributed by atoms with Crippen LogP contribution >= 0.6 is 0 Å². The van der Waals surface area contributed by atoms with E-state index in [0.717, 1.165) is 41.7 Å². The van der Waals surface area contributed by atoms with Crippen molar-refractivity contribution in [1.29, 1.82) is 0 Å². The maximum atomic E-state index is 12.7. The molecule has 0 saturated carbocycles. The lowest BCUT2D eigenvalue weighted by Crippen LogP contribution is -2.33. The smallest absolute Gasteiger partial charge is 0.309 e. The Balaban J connectivity index is 1.50. The number of fused-ring (bicyclic) bond motifs is 2. The van der Waals surface area contributed by atoms with Gasteiger partial charge in [0.25, 0.3) is 0 Å². The monoisotopic (exact) mass is 611 g/mol. The first-order chi connectivity index (χ1) is 21.7. The van der Waals surface area contributed by atoms with Gasteiger partial charge in [0.2, 0.25) is 0 Å². The molecule has 3 atom stereocenters. The molecular formula is C39H49NO5. The van der Waals surface area contributed by atoms with Gasteiger partial charge in [0.15, 0.2) is 0 Å². The van der Waals surface area contributed by atoms with E-state index in [1.54, 1.807) is 6.92 Å². The van der Waals surface area contributed by atoms with Crippen LogP contribution in [0.5, 0.6) is 0 Å². The number of Topliss-reactive ketones (excluding diaryl/α,β-unsaturated/α-hetero) is 1. The summed E-state index contributed by atoms with van der Waals surface area (Å²) in [6, 6.07) is 18.8. The summed E-state index contributed by atoms with van der Waals surface area (Å²) in [5, 5.41) is 0. The van der Waals surface area contributed by atoms with Gasteiger partial charge in [-0.15, -0.1) is 0 Å². The van der Waals surface area contributed by atoms with E-state index in [-0.39, 0.29) is 42.0 Å². The molecule has 2 aromatic rings. The van der Waals surface area contributed by atoms with E-state index < -0.39 is 5.92 Å². The summed E-state index contributed by atoms with van der Waals surface area (Å²) in [5.41, 5.74) is 6.79. The maximum absolute atomic E-state index is 12.7. The van der Waals surface area contributed by atoms with Crippen LogP contribution in [0.3, 0.4) is 0 Å². The van der Waals surface area contributed by atoms with Crippen molar-refractivity contribution >= 4 is 17.5 Å². The molecule has 2 aliphatic rings. The lowest BCUT2D eigenvalue weighted by Gasteiger charge is -2.30. The van der Waals surface area contributed by atoms with E-state index >= 15 is 0 Å². The predicted octanol–water partition coefficient (Wildman–Crippen LogP) is 8.33. The first-order valence-corrected chi connectivity index (χ1v) is 16.3. The molecule has 0 aromatic heterocycles. The maximum Gasteiger partial charge on any atom is 0.309 e. The van der Waals surface area contributed by atoms with Crippen molar-refractivity contribution in [1.82, 2.24) is 0 Å². The lowest BCUT2D eigenvalue weighted by molar-refractivity contribution is -0.148. The van der Waals surface area contributed by atoms with Crippen LogP contribution in [-0.4, -0.2) is 43.9 Å². The van der Waals surface area contributed by atoms with Crippen molar-refractivity contribution in [2.75, 3.05) is 26.4 Å². The van der Waals surface area contributed by atoms with E-state index in [1.807, 2.05) is 24.4 Å². The van der Waals surface area contributed by atoms with Crippen LogP contribution in [-0.2, 0) is 30.4 Å². The summed E-state index contributed by atoms with van der Waals surface area (Å²) in [4.78, 5) is 29.2. The predicted molar refractivity (Wildman–Crippen MR) is 181 cm³/mol. The van der Waals surface area contributed by atoms with Gasteiger partial charge in [0, 0.05) is 36.8 Å². The summed E-state index contributed by atoms with van der Waals surface area (Å²) in [5.74, 6) is -0.827. The molecule has 2 unspecified atom stereocenters. The largest absolute Gasteiger partial charge is 0.461 e. The number of esters is 1. The average molecular weight is 612 g/mol. The van der Waals surface area contributed by atoms with E-state index in [2.05, 4.69) is 75.4 Å². The highest BCUT2D eigenvalue weighted by molar-refractivity contribution is 5.93. The number of allylic oxidation sites excluding steroid dienone is 4. The molecular weight excluding hydrogens is 562 g/mol. The van der Waals surface area contributed by atoms with Crippen LogP contribution in [0.1, 0.15) is 65.9 Å². The van der Waals surface area contributed by atoms with Crippen LogP contribution in [0.2, 0.25) is 0 Å². The highest BCUT2D eigenvalue weighted by atomic mass is 16.5. The third kappa shape index (κ3) is 10.2. The zero-order valence-electron chi connectivity index (χ0n) is 27.6. The Bertz CT molecular complexity index is 1420. The third-order valence-electron chi connectivity index (χ3n) is 8.78. The standard InChI is InChI=1S/C39H49NO5/c1-6-39(4,5)27-43-20-19-34(25-44-24-32-16-10-11-18-35(32)31-14-8-7-9-15-31)37-36-22-30(23-40-37)13-12-17-33(36)26-45-38(42)28(2)21-29(3)41/h7-18,23,28,34,36H,6,19-22,24-27H2,1-5H3/t28?,34-,36?/m1/s1. The molecule has 0 N–H and O–H groups in total.